The molecule has 0 radical (unpaired) electrons. The van der Waals surface area contributed by atoms with E-state index in [1.54, 1.807) is 0 Å². The van der Waals surface area contributed by atoms with Gasteiger partial charge in [-0.05, 0) is 87.1 Å². The molecule has 2 aliphatic rings. The average molecular weight is 427 g/mol. The van der Waals surface area contributed by atoms with Crippen LogP contribution in [0.2, 0.25) is 0 Å². The molecule has 30 heavy (non-hydrogen) atoms. The van der Waals surface area contributed by atoms with Gasteiger partial charge in [-0.25, -0.2) is 4.99 Å². The van der Waals surface area contributed by atoms with Crippen LogP contribution in [0, 0.1) is 27.7 Å². The number of halogens is 1. The predicted octanol–water partition coefficient (Wildman–Crippen LogP) is 4.32. The van der Waals surface area contributed by atoms with E-state index >= 15 is 0 Å². The second-order valence-corrected chi connectivity index (χ2v) is 8.13. The number of benzene rings is 2. The molecule has 2 aromatic carbocycles. The number of nitrogens with zero attached hydrogens (tertiary/aromatic N) is 4. The van der Waals surface area contributed by atoms with E-state index in [0.29, 0.717) is 5.96 Å². The molecule has 0 saturated carbocycles. The lowest BCUT2D eigenvalue weighted by atomic mass is 10.1. The number of aliphatic imine (C=N–C) groups is 2. The van der Waals surface area contributed by atoms with Crippen LogP contribution in [0.15, 0.2) is 46.4 Å². The van der Waals surface area contributed by atoms with Crippen molar-refractivity contribution in [1.82, 2.24) is 4.90 Å². The summed E-state index contributed by atoms with van der Waals surface area (Å²) >= 11 is 0. The summed E-state index contributed by atoms with van der Waals surface area (Å²) in [5.74, 6) is 1.19. The Bertz CT molecular complexity index is 957. The SMILES string of the molecule is Cc1cc(C)cc(N2C(N3CCCC3)=NC(N)=NC2Nc2ccc(C)c(C)c2)c1.Cl. The van der Waals surface area contributed by atoms with Crippen LogP contribution in [0.4, 0.5) is 11.4 Å². The highest BCUT2D eigenvalue weighted by Gasteiger charge is 2.32. The molecule has 2 heterocycles. The Kier molecular flexibility index (Phi) is 6.56. The van der Waals surface area contributed by atoms with Gasteiger partial charge in [0.25, 0.3) is 0 Å². The van der Waals surface area contributed by atoms with Crippen LogP contribution >= 0.6 is 12.4 Å². The molecule has 0 bridgehead atoms. The Balaban J connectivity index is 0.00000256. The van der Waals surface area contributed by atoms with Crippen LogP contribution in [-0.2, 0) is 0 Å². The summed E-state index contributed by atoms with van der Waals surface area (Å²) in [6, 6.07) is 12.9. The van der Waals surface area contributed by atoms with Gasteiger partial charge in [0.2, 0.25) is 18.2 Å². The summed E-state index contributed by atoms with van der Waals surface area (Å²) in [6.07, 6.45) is 1.99. The van der Waals surface area contributed by atoms with Crippen molar-refractivity contribution in [2.45, 2.75) is 46.8 Å². The molecular formula is C23H31ClN6. The minimum absolute atomic E-state index is 0. The first-order valence-electron chi connectivity index (χ1n) is 10.3. The van der Waals surface area contributed by atoms with Crippen molar-refractivity contribution in [3.8, 4) is 0 Å². The quantitative estimate of drug-likeness (QED) is 0.766. The fraction of sp³-hybridized carbons (Fsp3) is 0.391. The van der Waals surface area contributed by atoms with E-state index in [0.717, 1.165) is 30.4 Å². The minimum atomic E-state index is -0.355. The number of nitrogens with two attached hydrogens (primary N) is 1. The molecule has 0 amide bonds. The molecule has 2 aromatic rings. The zero-order valence-electron chi connectivity index (χ0n) is 18.1. The third kappa shape index (κ3) is 4.54. The van der Waals surface area contributed by atoms with Crippen molar-refractivity contribution in [2.24, 2.45) is 15.7 Å². The highest BCUT2D eigenvalue weighted by molar-refractivity contribution is 6.06. The lowest BCUT2D eigenvalue weighted by Gasteiger charge is -2.38. The molecule has 2 aliphatic heterocycles. The highest BCUT2D eigenvalue weighted by Crippen LogP contribution is 2.28. The van der Waals surface area contributed by atoms with Crippen molar-refractivity contribution in [3.05, 3.63) is 58.7 Å². The van der Waals surface area contributed by atoms with E-state index in [2.05, 4.69) is 89.2 Å². The van der Waals surface area contributed by atoms with Gasteiger partial charge in [-0.2, -0.15) is 4.99 Å². The van der Waals surface area contributed by atoms with E-state index in [-0.39, 0.29) is 18.7 Å². The zero-order chi connectivity index (χ0) is 20.5. The van der Waals surface area contributed by atoms with Crippen molar-refractivity contribution < 1.29 is 0 Å². The van der Waals surface area contributed by atoms with E-state index in [9.17, 15) is 0 Å². The van der Waals surface area contributed by atoms with Crippen LogP contribution in [0.1, 0.15) is 35.1 Å². The molecule has 1 fully saturated rings. The molecule has 6 nitrogen and oxygen atoms in total. The average Bonchev–Trinajstić information content (AvgIpc) is 3.18. The van der Waals surface area contributed by atoms with Gasteiger partial charge in [0, 0.05) is 24.5 Å². The maximum atomic E-state index is 6.16. The number of aryl methyl sites for hydroxylation is 4. The van der Waals surface area contributed by atoms with Crippen molar-refractivity contribution >= 4 is 35.7 Å². The van der Waals surface area contributed by atoms with Gasteiger partial charge in [0.1, 0.15) is 0 Å². The summed E-state index contributed by atoms with van der Waals surface area (Å²) in [5.41, 5.74) is 13.2. The molecule has 4 rings (SSSR count). The molecule has 3 N–H and O–H groups in total. The topological polar surface area (TPSA) is 69.2 Å². The zero-order valence-corrected chi connectivity index (χ0v) is 19.0. The fourth-order valence-corrected chi connectivity index (χ4v) is 4.04. The van der Waals surface area contributed by atoms with Crippen LogP contribution in [0.25, 0.3) is 0 Å². The second-order valence-electron chi connectivity index (χ2n) is 8.13. The third-order valence-electron chi connectivity index (χ3n) is 5.61. The Morgan fingerprint density at radius 3 is 2.23 bits per heavy atom. The summed E-state index contributed by atoms with van der Waals surface area (Å²) in [5, 5.41) is 3.57. The van der Waals surface area contributed by atoms with E-state index in [4.69, 9.17) is 5.73 Å². The summed E-state index contributed by atoms with van der Waals surface area (Å²) < 4.78 is 0. The van der Waals surface area contributed by atoms with Crippen molar-refractivity contribution in [2.75, 3.05) is 23.3 Å². The lowest BCUT2D eigenvalue weighted by Crippen LogP contribution is -2.54. The van der Waals surface area contributed by atoms with Crippen molar-refractivity contribution in [1.29, 1.82) is 0 Å². The van der Waals surface area contributed by atoms with Crippen LogP contribution < -0.4 is 16.0 Å². The van der Waals surface area contributed by atoms with Crippen LogP contribution in [0.5, 0.6) is 0 Å². The standard InChI is InChI=1S/C23H30N6.ClH/c1-15-11-16(2)13-20(12-15)29-22(25-19-8-7-17(3)18(4)14-19)26-21(24)27-23(29)28-9-5-6-10-28;/h7-8,11-14,22,25H,5-6,9-10H2,1-4H3,(H2,24,26);1H. The first kappa shape index (κ1) is 22.0. The summed E-state index contributed by atoms with van der Waals surface area (Å²) in [7, 11) is 0. The smallest absolute Gasteiger partial charge is 0.222 e. The number of nitrogens with one attached hydrogen (secondary N) is 1. The van der Waals surface area contributed by atoms with Gasteiger partial charge >= 0.3 is 0 Å². The highest BCUT2D eigenvalue weighted by atomic mass is 35.5. The Morgan fingerprint density at radius 1 is 0.933 bits per heavy atom. The number of anilines is 2. The lowest BCUT2D eigenvalue weighted by molar-refractivity contribution is 0.497. The van der Waals surface area contributed by atoms with Gasteiger partial charge in [0.15, 0.2) is 0 Å². The Hall–Kier alpha value is -2.73. The van der Waals surface area contributed by atoms with Crippen LogP contribution in [-0.4, -0.2) is 36.2 Å². The number of likely N-dealkylation sites (tertiary alicyclic amines) is 1. The Morgan fingerprint density at radius 2 is 1.60 bits per heavy atom. The Labute approximate surface area is 185 Å². The molecule has 7 heteroatoms. The number of guanidine groups is 2. The monoisotopic (exact) mass is 426 g/mol. The third-order valence-corrected chi connectivity index (χ3v) is 5.61. The first-order chi connectivity index (χ1) is 13.9. The molecule has 0 aromatic heterocycles. The second kappa shape index (κ2) is 8.96. The number of hydrogen-bond donors (Lipinski definition) is 2. The number of rotatable bonds is 3. The molecule has 1 unspecified atom stereocenters. The normalized spacial score (nSPS) is 18.6. The maximum absolute atomic E-state index is 6.16. The van der Waals surface area contributed by atoms with Crippen molar-refractivity contribution in [3.63, 3.8) is 0 Å². The van der Waals surface area contributed by atoms with Gasteiger partial charge < -0.3 is 16.0 Å². The minimum Gasteiger partial charge on any atom is -0.368 e. The predicted molar refractivity (Wildman–Crippen MR) is 129 cm³/mol. The van der Waals surface area contributed by atoms with Crippen LogP contribution in [0.3, 0.4) is 0 Å². The van der Waals surface area contributed by atoms with Gasteiger partial charge in [0.05, 0.1) is 0 Å². The number of hydrogen-bond acceptors (Lipinski definition) is 6. The van der Waals surface area contributed by atoms with E-state index in [1.165, 1.54) is 35.1 Å². The summed E-state index contributed by atoms with van der Waals surface area (Å²) in [4.78, 5) is 13.8. The van der Waals surface area contributed by atoms with Gasteiger partial charge in [-0.15, -0.1) is 12.4 Å². The maximum Gasteiger partial charge on any atom is 0.222 e. The molecule has 1 atom stereocenters. The largest absolute Gasteiger partial charge is 0.368 e. The van der Waals surface area contributed by atoms with Gasteiger partial charge in [-0.1, -0.05) is 12.1 Å². The fourth-order valence-electron chi connectivity index (χ4n) is 4.04. The molecule has 1 saturated heterocycles. The molecule has 160 valence electrons. The molecule has 0 aliphatic carbocycles. The summed E-state index contributed by atoms with van der Waals surface area (Å²) in [6.45, 7) is 10.5. The molecular weight excluding hydrogens is 396 g/mol. The molecule has 0 spiro atoms. The van der Waals surface area contributed by atoms with Gasteiger partial charge in [-0.3, -0.25) is 4.90 Å². The van der Waals surface area contributed by atoms with E-state index < -0.39 is 0 Å². The van der Waals surface area contributed by atoms with E-state index in [1.807, 2.05) is 0 Å². The first-order valence-corrected chi connectivity index (χ1v) is 10.3.